The molecule has 0 aromatic heterocycles. The van der Waals surface area contributed by atoms with E-state index < -0.39 is 0 Å². The first-order valence-corrected chi connectivity index (χ1v) is 8.72. The Hall–Kier alpha value is -0.780. The first-order chi connectivity index (χ1) is 9.74. The van der Waals surface area contributed by atoms with Crippen molar-refractivity contribution >= 4 is 45.0 Å². The normalized spacial score (nSPS) is 13.8. The van der Waals surface area contributed by atoms with Gasteiger partial charge in [-0.05, 0) is 49.3 Å². The Balaban J connectivity index is 1.64. The second-order valence-corrected chi connectivity index (χ2v) is 6.82. The van der Waals surface area contributed by atoms with Crippen molar-refractivity contribution in [1.82, 2.24) is 10.6 Å². The summed E-state index contributed by atoms with van der Waals surface area (Å²) in [5.41, 5.74) is 1.09. The monoisotopic (exact) mass is 368 g/mol. The number of hydrogen-bond donors (Lipinski definition) is 2. The van der Waals surface area contributed by atoms with E-state index in [1.165, 1.54) is 4.90 Å². The summed E-state index contributed by atoms with van der Waals surface area (Å²) in [6.45, 7) is 0.847. The predicted molar refractivity (Wildman–Crippen MR) is 95.1 cm³/mol. The van der Waals surface area contributed by atoms with Gasteiger partial charge in [-0.25, -0.2) is 0 Å². The Morgan fingerprint density at radius 1 is 1.35 bits per heavy atom. The van der Waals surface area contributed by atoms with E-state index in [1.807, 2.05) is 23.9 Å². The van der Waals surface area contributed by atoms with Gasteiger partial charge in [0.05, 0.1) is 0 Å². The van der Waals surface area contributed by atoms with E-state index in [4.69, 9.17) is 12.2 Å². The Kier molecular flexibility index (Phi) is 6.63. The molecule has 0 fully saturated rings. The molecule has 1 aromatic rings. The van der Waals surface area contributed by atoms with Crippen LogP contribution in [0.1, 0.15) is 12.8 Å². The number of hydrogen-bond acceptors (Lipinski definition) is 2. The zero-order chi connectivity index (χ0) is 14.2. The van der Waals surface area contributed by atoms with Gasteiger partial charge >= 0.3 is 0 Å². The molecule has 5 heteroatoms. The lowest BCUT2D eigenvalue weighted by atomic mass is 10.1. The summed E-state index contributed by atoms with van der Waals surface area (Å²) < 4.78 is 1.11. The molecule has 106 valence electrons. The van der Waals surface area contributed by atoms with Gasteiger partial charge in [-0.3, -0.25) is 0 Å². The van der Waals surface area contributed by atoms with Crippen LogP contribution in [0.15, 0.2) is 57.6 Å². The molecule has 1 aromatic carbocycles. The van der Waals surface area contributed by atoms with Crippen molar-refractivity contribution in [2.75, 3.05) is 12.3 Å². The highest BCUT2D eigenvalue weighted by molar-refractivity contribution is 9.10. The minimum absolute atomic E-state index is 0.692. The minimum Gasteiger partial charge on any atom is -0.362 e. The molecule has 0 aliphatic heterocycles. The van der Waals surface area contributed by atoms with Crippen molar-refractivity contribution < 1.29 is 0 Å². The lowest BCUT2D eigenvalue weighted by Crippen LogP contribution is -2.35. The molecule has 1 aliphatic rings. The van der Waals surface area contributed by atoms with Crippen LogP contribution in [0.4, 0.5) is 0 Å². The van der Waals surface area contributed by atoms with Gasteiger partial charge in [0, 0.05) is 27.4 Å². The van der Waals surface area contributed by atoms with Crippen molar-refractivity contribution in [2.45, 2.75) is 17.7 Å². The van der Waals surface area contributed by atoms with E-state index in [0.29, 0.717) is 5.11 Å². The molecular formula is C15H17BrN2S2. The van der Waals surface area contributed by atoms with Gasteiger partial charge in [0.1, 0.15) is 0 Å². The number of rotatable bonds is 5. The number of benzene rings is 1. The third-order valence-corrected chi connectivity index (χ3v) is 4.44. The van der Waals surface area contributed by atoms with Gasteiger partial charge in [-0.1, -0.05) is 34.1 Å². The standard InChI is InChI=1S/C15H17BrN2S2/c16-12-5-4-8-14(11-12)20-10-9-17-15(19)18-13-6-2-1-3-7-13/h2,4-8,11H,1,3,9-10H2,(H2,17,18,19). The van der Waals surface area contributed by atoms with E-state index in [0.717, 1.165) is 35.3 Å². The summed E-state index contributed by atoms with van der Waals surface area (Å²) in [6.07, 6.45) is 8.61. The summed E-state index contributed by atoms with van der Waals surface area (Å²) in [4.78, 5) is 1.26. The Morgan fingerprint density at radius 2 is 2.25 bits per heavy atom. The zero-order valence-electron chi connectivity index (χ0n) is 11.1. The van der Waals surface area contributed by atoms with Crippen LogP contribution in [0.3, 0.4) is 0 Å². The quantitative estimate of drug-likeness (QED) is 0.461. The molecule has 0 atom stereocenters. The lowest BCUT2D eigenvalue weighted by molar-refractivity contribution is 0.927. The summed E-state index contributed by atoms with van der Waals surface area (Å²) in [5.74, 6) is 0.979. The summed E-state index contributed by atoms with van der Waals surface area (Å²) in [5, 5.41) is 7.12. The molecule has 0 saturated carbocycles. The smallest absolute Gasteiger partial charge is 0.170 e. The average Bonchev–Trinajstić information content (AvgIpc) is 2.45. The molecule has 0 unspecified atom stereocenters. The highest BCUT2D eigenvalue weighted by Crippen LogP contribution is 2.21. The molecule has 0 bridgehead atoms. The number of nitrogens with one attached hydrogen (secondary N) is 2. The topological polar surface area (TPSA) is 24.1 Å². The molecule has 20 heavy (non-hydrogen) atoms. The van der Waals surface area contributed by atoms with Crippen LogP contribution < -0.4 is 10.6 Å². The number of allylic oxidation sites excluding steroid dienone is 3. The van der Waals surface area contributed by atoms with Crippen molar-refractivity contribution in [3.63, 3.8) is 0 Å². The van der Waals surface area contributed by atoms with Crippen LogP contribution in [0.5, 0.6) is 0 Å². The zero-order valence-corrected chi connectivity index (χ0v) is 14.3. The molecular weight excluding hydrogens is 352 g/mol. The molecule has 2 N–H and O–H groups in total. The van der Waals surface area contributed by atoms with E-state index in [1.54, 1.807) is 0 Å². The van der Waals surface area contributed by atoms with Gasteiger partial charge in [-0.15, -0.1) is 11.8 Å². The van der Waals surface area contributed by atoms with Crippen LogP contribution in [-0.2, 0) is 0 Å². The van der Waals surface area contributed by atoms with Gasteiger partial charge in [0.25, 0.3) is 0 Å². The van der Waals surface area contributed by atoms with Gasteiger partial charge in [0.15, 0.2) is 5.11 Å². The molecule has 0 heterocycles. The Morgan fingerprint density at radius 3 is 3.00 bits per heavy atom. The second kappa shape index (κ2) is 8.49. The maximum absolute atomic E-state index is 5.27. The fraction of sp³-hybridized carbons (Fsp3) is 0.267. The summed E-state index contributed by atoms with van der Waals surface area (Å²) in [6, 6.07) is 8.32. The number of thiocarbonyl (C=S) groups is 1. The molecule has 2 nitrogen and oxygen atoms in total. The molecule has 1 aliphatic carbocycles. The highest BCUT2D eigenvalue weighted by Gasteiger charge is 2.00. The summed E-state index contributed by atoms with van der Waals surface area (Å²) >= 11 is 10.6. The van der Waals surface area contributed by atoms with E-state index >= 15 is 0 Å². The Bertz CT molecular complexity index is 526. The van der Waals surface area contributed by atoms with E-state index in [2.05, 4.69) is 56.9 Å². The molecule has 2 rings (SSSR count). The first-order valence-electron chi connectivity index (χ1n) is 6.54. The highest BCUT2D eigenvalue weighted by atomic mass is 79.9. The maximum Gasteiger partial charge on any atom is 0.170 e. The van der Waals surface area contributed by atoms with Crippen molar-refractivity contribution in [3.05, 3.63) is 52.7 Å². The first kappa shape index (κ1) is 15.6. The summed E-state index contributed by atoms with van der Waals surface area (Å²) in [7, 11) is 0. The lowest BCUT2D eigenvalue weighted by Gasteiger charge is -2.13. The van der Waals surface area contributed by atoms with Crippen LogP contribution in [-0.4, -0.2) is 17.4 Å². The largest absolute Gasteiger partial charge is 0.362 e. The van der Waals surface area contributed by atoms with Crippen LogP contribution >= 0.6 is 39.9 Å². The van der Waals surface area contributed by atoms with Crippen molar-refractivity contribution in [3.8, 4) is 0 Å². The molecule has 0 spiro atoms. The SMILES string of the molecule is S=C(NCCSc1cccc(Br)c1)NC1=CCCC=C1. The predicted octanol–water partition coefficient (Wildman–Crippen LogP) is 4.24. The Labute approximate surface area is 138 Å². The van der Waals surface area contributed by atoms with Gasteiger partial charge in [0.2, 0.25) is 0 Å². The van der Waals surface area contributed by atoms with Crippen molar-refractivity contribution in [2.24, 2.45) is 0 Å². The van der Waals surface area contributed by atoms with Crippen LogP contribution in [0, 0.1) is 0 Å². The number of halogens is 1. The average molecular weight is 369 g/mol. The van der Waals surface area contributed by atoms with Gasteiger partial charge < -0.3 is 10.6 Å². The minimum atomic E-state index is 0.692. The third kappa shape index (κ3) is 5.69. The van der Waals surface area contributed by atoms with Gasteiger partial charge in [-0.2, -0.15) is 0 Å². The molecule has 0 radical (unpaired) electrons. The third-order valence-electron chi connectivity index (χ3n) is 2.71. The van der Waals surface area contributed by atoms with Crippen LogP contribution in [0.25, 0.3) is 0 Å². The molecule has 0 amide bonds. The fourth-order valence-corrected chi connectivity index (χ4v) is 3.37. The van der Waals surface area contributed by atoms with Crippen molar-refractivity contribution in [1.29, 1.82) is 0 Å². The maximum atomic E-state index is 5.27. The fourth-order valence-electron chi connectivity index (χ4n) is 1.77. The number of thioether (sulfide) groups is 1. The van der Waals surface area contributed by atoms with E-state index in [9.17, 15) is 0 Å². The molecule has 0 saturated heterocycles. The van der Waals surface area contributed by atoms with Crippen LogP contribution in [0.2, 0.25) is 0 Å². The van der Waals surface area contributed by atoms with E-state index in [-0.39, 0.29) is 0 Å². The second-order valence-electron chi connectivity index (χ2n) is 4.33.